The number of aromatic amines is 1. The quantitative estimate of drug-likeness (QED) is 0.400. The molecule has 0 radical (unpaired) electrons. The number of aromatic nitrogens is 2. The van der Waals surface area contributed by atoms with E-state index in [-0.39, 0.29) is 12.1 Å². The Morgan fingerprint density at radius 3 is 2.67 bits per heavy atom. The molecule has 2 rings (SSSR count). The molecule has 1 aliphatic heterocycles. The van der Waals surface area contributed by atoms with Crippen molar-refractivity contribution >= 4 is 6.08 Å². The third kappa shape index (κ3) is 2.96. The average Bonchev–Trinajstić information content (AvgIpc) is 2.74. The first-order valence-corrected chi connectivity index (χ1v) is 6.34. The maximum absolute atomic E-state index is 11.8. The van der Waals surface area contributed by atoms with Crippen molar-refractivity contribution in [2.75, 3.05) is 13.2 Å². The monoisotopic (exact) mass is 299 g/mol. The van der Waals surface area contributed by atoms with Crippen LogP contribution in [-0.4, -0.2) is 56.3 Å². The van der Waals surface area contributed by atoms with E-state index in [0.717, 1.165) is 4.57 Å². The summed E-state index contributed by atoms with van der Waals surface area (Å²) in [5, 5.41) is 28.6. The van der Waals surface area contributed by atoms with Crippen LogP contribution in [0, 0.1) is 0 Å². The summed E-state index contributed by atoms with van der Waals surface area (Å²) >= 11 is 0. The molecule has 1 saturated heterocycles. The Bertz CT molecular complexity index is 637. The minimum Gasteiger partial charge on any atom is -0.394 e. The molecule has 1 aromatic rings. The second-order valence-electron chi connectivity index (χ2n) is 4.62. The van der Waals surface area contributed by atoms with Crippen LogP contribution in [0.15, 0.2) is 21.9 Å². The van der Waals surface area contributed by atoms with Gasteiger partial charge in [0, 0.05) is 12.7 Å². The summed E-state index contributed by atoms with van der Waals surface area (Å²) in [4.78, 5) is 25.5. The minimum atomic E-state index is -1.41. The number of nitrogens with two attached hydrogens (primary N) is 1. The predicted octanol–water partition coefficient (Wildman–Crippen LogP) is -2.88. The normalized spacial score (nSPS) is 29.3. The van der Waals surface area contributed by atoms with Crippen LogP contribution in [0.4, 0.5) is 0 Å². The molecule has 4 atom stereocenters. The number of aliphatic hydroxyl groups is 3. The Morgan fingerprint density at radius 1 is 1.38 bits per heavy atom. The summed E-state index contributed by atoms with van der Waals surface area (Å²) < 4.78 is 6.20. The molecule has 21 heavy (non-hydrogen) atoms. The molecule has 2 heterocycles. The molecular formula is C12H17N3O6. The molecule has 2 unspecified atom stereocenters. The summed E-state index contributed by atoms with van der Waals surface area (Å²) in [6.07, 6.45) is -0.794. The third-order valence-electron chi connectivity index (χ3n) is 3.22. The summed E-state index contributed by atoms with van der Waals surface area (Å²) in [5.74, 6) is 0. The maximum atomic E-state index is 11.8. The highest BCUT2D eigenvalue weighted by molar-refractivity contribution is 5.46. The molecular weight excluding hydrogens is 282 g/mol. The first-order chi connectivity index (χ1) is 9.99. The molecule has 0 aliphatic carbocycles. The second kappa shape index (κ2) is 6.33. The fourth-order valence-corrected chi connectivity index (χ4v) is 2.11. The lowest BCUT2D eigenvalue weighted by atomic mass is 10.1. The van der Waals surface area contributed by atoms with Crippen molar-refractivity contribution in [1.29, 1.82) is 0 Å². The summed E-state index contributed by atoms with van der Waals surface area (Å²) in [7, 11) is 0. The van der Waals surface area contributed by atoms with Crippen LogP contribution in [0.25, 0.3) is 6.08 Å². The van der Waals surface area contributed by atoms with Crippen LogP contribution < -0.4 is 17.0 Å². The van der Waals surface area contributed by atoms with E-state index in [2.05, 4.69) is 4.98 Å². The largest absolute Gasteiger partial charge is 0.394 e. The number of aliphatic hydroxyl groups excluding tert-OH is 3. The first kappa shape index (κ1) is 15.6. The lowest BCUT2D eigenvalue weighted by Crippen LogP contribution is -2.38. The smallest absolute Gasteiger partial charge is 0.330 e. The van der Waals surface area contributed by atoms with Gasteiger partial charge < -0.3 is 25.8 Å². The molecule has 0 bridgehead atoms. The Kier molecular flexibility index (Phi) is 4.70. The molecule has 0 saturated carbocycles. The molecule has 116 valence electrons. The number of hydrogen-bond donors (Lipinski definition) is 5. The van der Waals surface area contributed by atoms with Crippen LogP contribution >= 0.6 is 0 Å². The summed E-state index contributed by atoms with van der Waals surface area (Å²) in [6, 6.07) is 0. The molecule has 0 aromatic carbocycles. The van der Waals surface area contributed by atoms with E-state index in [1.165, 1.54) is 18.3 Å². The third-order valence-corrected chi connectivity index (χ3v) is 3.22. The number of H-pyrrole nitrogens is 1. The van der Waals surface area contributed by atoms with Crippen LogP contribution in [0.5, 0.6) is 0 Å². The van der Waals surface area contributed by atoms with Crippen molar-refractivity contribution < 1.29 is 20.1 Å². The zero-order chi connectivity index (χ0) is 15.6. The van der Waals surface area contributed by atoms with Crippen molar-refractivity contribution in [2.45, 2.75) is 24.5 Å². The number of ether oxygens (including phenoxy) is 1. The second-order valence-corrected chi connectivity index (χ2v) is 4.62. The van der Waals surface area contributed by atoms with E-state index in [4.69, 9.17) is 15.6 Å². The zero-order valence-corrected chi connectivity index (χ0v) is 11.0. The van der Waals surface area contributed by atoms with Gasteiger partial charge in [-0.05, 0) is 0 Å². The molecule has 1 aliphatic rings. The van der Waals surface area contributed by atoms with Crippen molar-refractivity contribution in [1.82, 2.24) is 9.55 Å². The molecule has 9 heteroatoms. The van der Waals surface area contributed by atoms with E-state index < -0.39 is 42.4 Å². The number of nitrogens with zero attached hydrogens (tertiary/aromatic N) is 1. The highest BCUT2D eigenvalue weighted by Gasteiger charge is 2.43. The van der Waals surface area contributed by atoms with Gasteiger partial charge in [-0.3, -0.25) is 14.3 Å². The van der Waals surface area contributed by atoms with E-state index in [9.17, 15) is 19.8 Å². The van der Waals surface area contributed by atoms with Gasteiger partial charge in [0.05, 0.1) is 12.2 Å². The van der Waals surface area contributed by atoms with Crippen LogP contribution in [0.3, 0.4) is 0 Å². The van der Waals surface area contributed by atoms with E-state index in [1.54, 1.807) is 0 Å². The number of hydrogen-bond acceptors (Lipinski definition) is 7. The molecule has 1 aromatic heterocycles. The Labute approximate surface area is 118 Å². The minimum absolute atomic E-state index is 0.151. The van der Waals surface area contributed by atoms with Crippen LogP contribution in [0.2, 0.25) is 0 Å². The first-order valence-electron chi connectivity index (χ1n) is 6.34. The Balaban J connectivity index is 2.42. The van der Waals surface area contributed by atoms with Gasteiger partial charge in [-0.2, -0.15) is 0 Å². The lowest BCUT2D eigenvalue weighted by Gasteiger charge is -2.17. The topological polar surface area (TPSA) is 151 Å². The molecule has 0 spiro atoms. The molecule has 1 fully saturated rings. The fourth-order valence-electron chi connectivity index (χ4n) is 2.11. The summed E-state index contributed by atoms with van der Waals surface area (Å²) in [6.45, 7) is -0.292. The van der Waals surface area contributed by atoms with Gasteiger partial charge in [0.1, 0.15) is 18.3 Å². The van der Waals surface area contributed by atoms with Crippen LogP contribution in [0.1, 0.15) is 11.8 Å². The van der Waals surface area contributed by atoms with Gasteiger partial charge in [-0.1, -0.05) is 12.2 Å². The van der Waals surface area contributed by atoms with Crippen molar-refractivity contribution in [3.8, 4) is 0 Å². The lowest BCUT2D eigenvalue weighted by molar-refractivity contribution is -0.0550. The fraction of sp³-hybridized carbons (Fsp3) is 0.500. The van der Waals surface area contributed by atoms with Gasteiger partial charge in [-0.25, -0.2) is 4.79 Å². The van der Waals surface area contributed by atoms with Crippen molar-refractivity contribution in [3.05, 3.63) is 38.7 Å². The van der Waals surface area contributed by atoms with Gasteiger partial charge in [0.15, 0.2) is 6.23 Å². The Morgan fingerprint density at radius 2 is 2.10 bits per heavy atom. The average molecular weight is 299 g/mol. The van der Waals surface area contributed by atoms with E-state index in [0.29, 0.717) is 0 Å². The van der Waals surface area contributed by atoms with Gasteiger partial charge in [-0.15, -0.1) is 0 Å². The van der Waals surface area contributed by atoms with E-state index in [1.807, 2.05) is 0 Å². The van der Waals surface area contributed by atoms with Crippen molar-refractivity contribution in [2.24, 2.45) is 5.73 Å². The van der Waals surface area contributed by atoms with Crippen molar-refractivity contribution in [3.63, 3.8) is 0 Å². The highest BCUT2D eigenvalue weighted by Crippen LogP contribution is 2.27. The zero-order valence-electron chi connectivity index (χ0n) is 11.0. The van der Waals surface area contributed by atoms with Crippen LogP contribution in [-0.2, 0) is 4.74 Å². The number of rotatable bonds is 4. The number of nitrogens with one attached hydrogen (secondary N) is 1. The Hall–Kier alpha value is -1.78. The van der Waals surface area contributed by atoms with E-state index >= 15 is 0 Å². The molecule has 9 nitrogen and oxygen atoms in total. The van der Waals surface area contributed by atoms with Gasteiger partial charge in [0.2, 0.25) is 0 Å². The molecule has 6 N–H and O–H groups in total. The maximum Gasteiger partial charge on any atom is 0.330 e. The van der Waals surface area contributed by atoms with Gasteiger partial charge in [0.25, 0.3) is 5.56 Å². The van der Waals surface area contributed by atoms with Gasteiger partial charge >= 0.3 is 5.69 Å². The standard InChI is InChI=1S/C12H17N3O6/c13-3-1-2-6-4-15(12(20)14-10(6)19)11-9(18)8(17)7(5-16)21-11/h1-2,4,7-9,11,16-18H,3,5,13H2,(H,14,19,20)/b2-1+/t7-,8?,9?,11-/m1/s1. The SMILES string of the molecule is NC/C=C/c1cn([C@@H]2O[C@H](CO)C(O)C2O)c(=O)[nH]c1=O. The summed E-state index contributed by atoms with van der Waals surface area (Å²) in [5.41, 5.74) is 4.05. The predicted molar refractivity (Wildman–Crippen MR) is 72.4 cm³/mol. The highest BCUT2D eigenvalue weighted by atomic mass is 16.6. The molecule has 0 amide bonds.